The van der Waals surface area contributed by atoms with Crippen LogP contribution in [0, 0.1) is 6.92 Å². The second kappa shape index (κ2) is 8.55. The van der Waals surface area contributed by atoms with Gasteiger partial charge in [-0.3, -0.25) is 14.6 Å². The molecule has 2 fully saturated rings. The number of hydrogen-bond donors (Lipinski definition) is 1. The van der Waals surface area contributed by atoms with Crippen LogP contribution >= 0.6 is 0 Å². The molecule has 2 atom stereocenters. The molecule has 1 N–H and O–H groups in total. The molecule has 2 amide bonds. The van der Waals surface area contributed by atoms with E-state index in [-0.39, 0.29) is 11.9 Å². The first-order valence-corrected chi connectivity index (χ1v) is 10.3. The maximum Gasteiger partial charge on any atom is 0.410 e. The minimum atomic E-state index is -0.571. The lowest BCUT2D eigenvalue weighted by Gasteiger charge is -2.29. The molecule has 1 aromatic rings. The molecule has 7 heteroatoms. The number of rotatable bonds is 5. The highest BCUT2D eigenvalue weighted by Gasteiger charge is 2.37. The van der Waals surface area contributed by atoms with Gasteiger partial charge in [-0.05, 0) is 78.6 Å². The predicted octanol–water partition coefficient (Wildman–Crippen LogP) is 3.24. The molecule has 156 valence electrons. The summed E-state index contributed by atoms with van der Waals surface area (Å²) in [7, 11) is 0. The molecule has 3 rings (SSSR count). The molecule has 1 unspecified atom stereocenters. The number of nitrogens with one attached hydrogen (secondary N) is 1. The topological polar surface area (TPSA) is 75.0 Å². The molecule has 0 bridgehead atoms. The van der Waals surface area contributed by atoms with Gasteiger partial charge in [0.15, 0.2) is 0 Å². The van der Waals surface area contributed by atoms with Gasteiger partial charge >= 0.3 is 6.09 Å². The van der Waals surface area contributed by atoms with Gasteiger partial charge in [0.25, 0.3) is 0 Å². The summed E-state index contributed by atoms with van der Waals surface area (Å²) >= 11 is 0. The van der Waals surface area contributed by atoms with Crippen LogP contribution in [0.25, 0.3) is 0 Å². The molecule has 0 aliphatic carbocycles. The average molecular weight is 392 g/mol. The van der Waals surface area contributed by atoms with Crippen LogP contribution in [0.3, 0.4) is 0 Å². The number of aryl methyl sites for hydroxylation is 1. The molecule has 0 radical (unpaired) electrons. The standard InChI is InChI=1S/C21H33N3O4/c1-15-9-10-18(27-15)17(23-11-5-6-12-23)14-22-19(25)16-8-7-13-24(16)20(26)28-21(2,3)4/h9-10,16-17H,5-8,11-14H2,1-4H3,(H,22,25)/t16-,17?/m0/s1. The van der Waals surface area contributed by atoms with Gasteiger partial charge in [-0.1, -0.05) is 0 Å². The third kappa shape index (κ3) is 5.07. The molecule has 2 aliphatic heterocycles. The molecule has 0 aromatic carbocycles. The van der Waals surface area contributed by atoms with Crippen molar-refractivity contribution in [3.8, 4) is 0 Å². The minimum Gasteiger partial charge on any atom is -0.465 e. The lowest BCUT2D eigenvalue weighted by Crippen LogP contribution is -2.49. The molecule has 1 aromatic heterocycles. The zero-order valence-corrected chi connectivity index (χ0v) is 17.5. The molecule has 28 heavy (non-hydrogen) atoms. The molecular weight excluding hydrogens is 358 g/mol. The van der Waals surface area contributed by atoms with Crippen LogP contribution in [-0.4, -0.2) is 59.6 Å². The van der Waals surface area contributed by atoms with E-state index in [1.54, 1.807) is 4.90 Å². The molecule has 0 spiro atoms. The fourth-order valence-electron chi connectivity index (χ4n) is 3.99. The predicted molar refractivity (Wildman–Crippen MR) is 106 cm³/mol. The van der Waals surface area contributed by atoms with Crippen molar-refractivity contribution in [1.29, 1.82) is 0 Å². The second-order valence-corrected chi connectivity index (χ2v) is 8.78. The average Bonchev–Trinajstić information content (AvgIpc) is 3.35. The Balaban J connectivity index is 1.62. The normalized spacial score (nSPS) is 21.7. The van der Waals surface area contributed by atoms with Gasteiger partial charge in [0.1, 0.15) is 23.2 Å². The quantitative estimate of drug-likeness (QED) is 0.834. The molecule has 2 aliphatic rings. The van der Waals surface area contributed by atoms with Crippen LogP contribution in [0.5, 0.6) is 0 Å². The SMILES string of the molecule is Cc1ccc(C(CNC(=O)[C@@H]2CCCN2C(=O)OC(C)(C)C)N2CCCC2)o1. The smallest absolute Gasteiger partial charge is 0.410 e. The fourth-order valence-corrected chi connectivity index (χ4v) is 3.99. The van der Waals surface area contributed by atoms with Gasteiger partial charge in [0, 0.05) is 13.1 Å². The number of nitrogens with zero attached hydrogens (tertiary/aromatic N) is 2. The van der Waals surface area contributed by atoms with Gasteiger partial charge in [0.05, 0.1) is 6.04 Å². The molecule has 2 saturated heterocycles. The zero-order chi connectivity index (χ0) is 20.3. The second-order valence-electron chi connectivity index (χ2n) is 8.78. The van der Waals surface area contributed by atoms with Crippen molar-refractivity contribution in [2.75, 3.05) is 26.2 Å². The van der Waals surface area contributed by atoms with Crippen molar-refractivity contribution < 1.29 is 18.7 Å². The van der Waals surface area contributed by atoms with Crippen molar-refractivity contribution in [2.45, 2.75) is 71.1 Å². The Morgan fingerprint density at radius 2 is 1.93 bits per heavy atom. The van der Waals surface area contributed by atoms with E-state index in [0.717, 1.165) is 31.0 Å². The van der Waals surface area contributed by atoms with E-state index in [1.807, 2.05) is 39.8 Å². The van der Waals surface area contributed by atoms with Crippen LogP contribution < -0.4 is 5.32 Å². The lowest BCUT2D eigenvalue weighted by molar-refractivity contribution is -0.125. The largest absolute Gasteiger partial charge is 0.465 e. The first-order chi connectivity index (χ1) is 13.2. The molecule has 3 heterocycles. The first kappa shape index (κ1) is 20.7. The third-order valence-electron chi connectivity index (χ3n) is 5.32. The van der Waals surface area contributed by atoms with E-state index in [9.17, 15) is 9.59 Å². The fraction of sp³-hybridized carbons (Fsp3) is 0.714. The first-order valence-electron chi connectivity index (χ1n) is 10.3. The molecule has 7 nitrogen and oxygen atoms in total. The summed E-state index contributed by atoms with van der Waals surface area (Å²) in [5.41, 5.74) is -0.571. The Labute approximate surface area is 167 Å². The van der Waals surface area contributed by atoms with Crippen molar-refractivity contribution in [1.82, 2.24) is 15.1 Å². The van der Waals surface area contributed by atoms with E-state index in [1.165, 1.54) is 12.8 Å². The minimum absolute atomic E-state index is 0.0246. The van der Waals surface area contributed by atoms with Gasteiger partial charge < -0.3 is 14.5 Å². The number of ether oxygens (including phenoxy) is 1. The summed E-state index contributed by atoms with van der Waals surface area (Å²) < 4.78 is 11.3. The summed E-state index contributed by atoms with van der Waals surface area (Å²) in [5.74, 6) is 1.64. The summed E-state index contributed by atoms with van der Waals surface area (Å²) in [6.07, 6.45) is 3.39. The van der Waals surface area contributed by atoms with E-state index in [2.05, 4.69) is 10.2 Å². The van der Waals surface area contributed by atoms with Crippen LogP contribution in [0.1, 0.15) is 64.0 Å². The highest BCUT2D eigenvalue weighted by molar-refractivity contribution is 5.86. The number of furan rings is 1. The van der Waals surface area contributed by atoms with E-state index in [4.69, 9.17) is 9.15 Å². The number of hydrogen-bond acceptors (Lipinski definition) is 5. The van der Waals surface area contributed by atoms with Crippen LogP contribution in [0.4, 0.5) is 4.79 Å². The Hall–Kier alpha value is -2.02. The monoisotopic (exact) mass is 391 g/mol. The number of carbonyl (C=O) groups excluding carboxylic acids is 2. The third-order valence-corrected chi connectivity index (χ3v) is 5.32. The number of likely N-dealkylation sites (tertiary alicyclic amines) is 2. The Morgan fingerprint density at radius 1 is 1.21 bits per heavy atom. The van der Waals surface area contributed by atoms with Crippen LogP contribution in [0.2, 0.25) is 0 Å². The Bertz CT molecular complexity index is 688. The zero-order valence-electron chi connectivity index (χ0n) is 17.5. The van der Waals surface area contributed by atoms with Crippen LogP contribution in [0.15, 0.2) is 16.5 Å². The van der Waals surface area contributed by atoms with Crippen LogP contribution in [-0.2, 0) is 9.53 Å². The van der Waals surface area contributed by atoms with E-state index >= 15 is 0 Å². The van der Waals surface area contributed by atoms with Crippen molar-refractivity contribution in [3.63, 3.8) is 0 Å². The van der Waals surface area contributed by atoms with Gasteiger partial charge in [-0.25, -0.2) is 4.79 Å². The summed E-state index contributed by atoms with van der Waals surface area (Å²) in [6, 6.07) is 3.51. The highest BCUT2D eigenvalue weighted by atomic mass is 16.6. The summed E-state index contributed by atoms with van der Waals surface area (Å²) in [6.45, 7) is 10.5. The van der Waals surface area contributed by atoms with Gasteiger partial charge in [-0.15, -0.1) is 0 Å². The Morgan fingerprint density at radius 3 is 2.54 bits per heavy atom. The van der Waals surface area contributed by atoms with Gasteiger partial charge in [-0.2, -0.15) is 0 Å². The summed E-state index contributed by atoms with van der Waals surface area (Å²) in [5, 5.41) is 3.07. The molecule has 0 saturated carbocycles. The van der Waals surface area contributed by atoms with E-state index < -0.39 is 17.7 Å². The summed E-state index contributed by atoms with van der Waals surface area (Å²) in [4.78, 5) is 29.2. The molecular formula is C21H33N3O4. The number of amides is 2. The Kier molecular flexibility index (Phi) is 6.33. The van der Waals surface area contributed by atoms with E-state index in [0.29, 0.717) is 19.5 Å². The number of carbonyl (C=O) groups is 2. The maximum absolute atomic E-state index is 12.9. The lowest BCUT2D eigenvalue weighted by atomic mass is 10.1. The van der Waals surface area contributed by atoms with Crippen molar-refractivity contribution in [3.05, 3.63) is 23.7 Å². The van der Waals surface area contributed by atoms with Crippen molar-refractivity contribution >= 4 is 12.0 Å². The van der Waals surface area contributed by atoms with Crippen molar-refractivity contribution in [2.24, 2.45) is 0 Å². The maximum atomic E-state index is 12.9. The van der Waals surface area contributed by atoms with Gasteiger partial charge in [0.2, 0.25) is 5.91 Å². The highest BCUT2D eigenvalue weighted by Crippen LogP contribution is 2.27.